The van der Waals surface area contributed by atoms with Crippen LogP contribution in [0.2, 0.25) is 0 Å². The summed E-state index contributed by atoms with van der Waals surface area (Å²) in [5, 5.41) is 9.65. The first kappa shape index (κ1) is 17.7. The number of aromatic nitrogens is 1. The van der Waals surface area contributed by atoms with Crippen molar-refractivity contribution < 1.29 is 14.2 Å². The Hall–Kier alpha value is -1.69. The van der Waals surface area contributed by atoms with E-state index >= 15 is 0 Å². The van der Waals surface area contributed by atoms with E-state index in [9.17, 15) is 9.50 Å². The molecule has 0 unspecified atom stereocenters. The summed E-state index contributed by atoms with van der Waals surface area (Å²) >= 11 is 0. The van der Waals surface area contributed by atoms with E-state index in [1.807, 2.05) is 18.3 Å². The number of hydrogen-bond acceptors (Lipinski definition) is 3. The molecule has 0 amide bonds. The quantitative estimate of drug-likeness (QED) is 0.771. The van der Waals surface area contributed by atoms with Crippen LogP contribution in [-0.4, -0.2) is 47.5 Å². The van der Waals surface area contributed by atoms with Gasteiger partial charge in [0.05, 0.1) is 12.7 Å². The second-order valence-electron chi connectivity index (χ2n) is 5.83. The highest BCUT2D eigenvalue weighted by Crippen LogP contribution is 2.12. The van der Waals surface area contributed by atoms with Crippen LogP contribution in [-0.2, 0) is 17.8 Å². The Balaban J connectivity index is 2.06. The molecule has 0 fully saturated rings. The van der Waals surface area contributed by atoms with Crippen LogP contribution in [0, 0.1) is 5.82 Å². The van der Waals surface area contributed by atoms with Crippen LogP contribution >= 0.6 is 0 Å². The van der Waals surface area contributed by atoms with E-state index in [-0.39, 0.29) is 5.82 Å². The molecule has 2 aromatic rings. The minimum absolute atomic E-state index is 0.216. The monoisotopic (exact) mass is 320 g/mol. The van der Waals surface area contributed by atoms with Crippen LogP contribution in [0.5, 0.6) is 0 Å². The molecule has 0 aliphatic heterocycles. The van der Waals surface area contributed by atoms with Crippen LogP contribution in [0.1, 0.15) is 18.2 Å². The topological polar surface area (TPSA) is 37.6 Å². The van der Waals surface area contributed by atoms with Gasteiger partial charge in [-0.05, 0) is 36.8 Å². The number of halogens is 1. The molecular weight excluding hydrogens is 295 g/mol. The SMILES string of the molecule is COCCN(Cc1cccn1Cc1cccc(F)c1)C[C@H](C)O. The van der Waals surface area contributed by atoms with Gasteiger partial charge < -0.3 is 14.4 Å². The highest BCUT2D eigenvalue weighted by atomic mass is 19.1. The largest absolute Gasteiger partial charge is 0.392 e. The molecule has 1 N–H and O–H groups in total. The highest BCUT2D eigenvalue weighted by molar-refractivity contribution is 5.18. The third kappa shape index (κ3) is 5.78. The zero-order valence-electron chi connectivity index (χ0n) is 13.8. The van der Waals surface area contributed by atoms with Gasteiger partial charge in [-0.1, -0.05) is 12.1 Å². The van der Waals surface area contributed by atoms with E-state index in [1.54, 1.807) is 26.2 Å². The number of ether oxygens (including phenoxy) is 1. The maximum atomic E-state index is 13.3. The number of aliphatic hydroxyl groups is 1. The summed E-state index contributed by atoms with van der Waals surface area (Å²) in [5.74, 6) is -0.216. The third-order valence-corrected chi connectivity index (χ3v) is 3.69. The second-order valence-corrected chi connectivity index (χ2v) is 5.83. The van der Waals surface area contributed by atoms with Crippen molar-refractivity contribution >= 4 is 0 Å². The maximum absolute atomic E-state index is 13.3. The Morgan fingerprint density at radius 2 is 2.13 bits per heavy atom. The predicted molar refractivity (Wildman–Crippen MR) is 88.8 cm³/mol. The fourth-order valence-electron chi connectivity index (χ4n) is 2.64. The van der Waals surface area contributed by atoms with Crippen LogP contribution in [0.15, 0.2) is 42.6 Å². The summed E-state index contributed by atoms with van der Waals surface area (Å²) in [6.07, 6.45) is 1.61. The molecule has 0 saturated heterocycles. The molecule has 0 bridgehead atoms. The third-order valence-electron chi connectivity index (χ3n) is 3.69. The Morgan fingerprint density at radius 3 is 2.83 bits per heavy atom. The molecule has 0 spiro atoms. The van der Waals surface area contributed by atoms with Gasteiger partial charge in [-0.2, -0.15) is 0 Å². The van der Waals surface area contributed by atoms with Gasteiger partial charge in [-0.15, -0.1) is 0 Å². The van der Waals surface area contributed by atoms with Gasteiger partial charge in [0.25, 0.3) is 0 Å². The van der Waals surface area contributed by atoms with E-state index < -0.39 is 6.10 Å². The van der Waals surface area contributed by atoms with Gasteiger partial charge in [0.2, 0.25) is 0 Å². The van der Waals surface area contributed by atoms with Crippen molar-refractivity contribution in [1.29, 1.82) is 0 Å². The molecule has 0 saturated carbocycles. The van der Waals surface area contributed by atoms with Gasteiger partial charge in [-0.25, -0.2) is 4.39 Å². The predicted octanol–water partition coefficient (Wildman–Crippen LogP) is 2.50. The van der Waals surface area contributed by atoms with Crippen LogP contribution < -0.4 is 0 Å². The zero-order valence-corrected chi connectivity index (χ0v) is 13.8. The van der Waals surface area contributed by atoms with Crippen LogP contribution in [0.3, 0.4) is 0 Å². The fraction of sp³-hybridized carbons (Fsp3) is 0.444. The van der Waals surface area contributed by atoms with Crippen LogP contribution in [0.25, 0.3) is 0 Å². The lowest BCUT2D eigenvalue weighted by Crippen LogP contribution is -2.34. The number of rotatable bonds is 9. The molecule has 1 aromatic carbocycles. The summed E-state index contributed by atoms with van der Waals surface area (Å²) in [7, 11) is 1.67. The first-order valence-corrected chi connectivity index (χ1v) is 7.86. The van der Waals surface area contributed by atoms with E-state index in [2.05, 4.69) is 15.5 Å². The Labute approximate surface area is 137 Å². The Morgan fingerprint density at radius 1 is 1.30 bits per heavy atom. The van der Waals surface area contributed by atoms with Crippen molar-refractivity contribution in [1.82, 2.24) is 9.47 Å². The van der Waals surface area contributed by atoms with Gasteiger partial charge >= 0.3 is 0 Å². The molecule has 23 heavy (non-hydrogen) atoms. The minimum Gasteiger partial charge on any atom is -0.392 e. The molecule has 1 heterocycles. The van der Waals surface area contributed by atoms with Crippen molar-refractivity contribution in [2.24, 2.45) is 0 Å². The molecule has 1 atom stereocenters. The van der Waals surface area contributed by atoms with Gasteiger partial charge in [0.1, 0.15) is 5.82 Å². The van der Waals surface area contributed by atoms with Crippen molar-refractivity contribution in [3.63, 3.8) is 0 Å². The summed E-state index contributed by atoms with van der Waals surface area (Å²) in [6.45, 7) is 5.10. The number of aliphatic hydroxyl groups excluding tert-OH is 1. The Kier molecular flexibility index (Phi) is 6.77. The number of hydrogen-bond donors (Lipinski definition) is 1. The first-order valence-electron chi connectivity index (χ1n) is 7.86. The van der Waals surface area contributed by atoms with Gasteiger partial charge in [-0.3, -0.25) is 4.90 Å². The average molecular weight is 320 g/mol. The molecule has 4 nitrogen and oxygen atoms in total. The minimum atomic E-state index is -0.390. The number of methoxy groups -OCH3 is 1. The smallest absolute Gasteiger partial charge is 0.123 e. The first-order chi connectivity index (χ1) is 11.1. The number of nitrogens with zero attached hydrogens (tertiary/aromatic N) is 2. The molecule has 0 aliphatic carbocycles. The zero-order chi connectivity index (χ0) is 16.7. The standard InChI is InChI=1S/C18H25FN2O2/c1-15(22)12-20(9-10-23-2)14-18-7-4-8-21(18)13-16-5-3-6-17(19)11-16/h3-8,11,15,22H,9-10,12-14H2,1-2H3/t15-/m0/s1. The van der Waals surface area contributed by atoms with Gasteiger partial charge in [0, 0.05) is 45.2 Å². The fourth-order valence-corrected chi connectivity index (χ4v) is 2.64. The van der Waals surface area contributed by atoms with Gasteiger partial charge in [0.15, 0.2) is 0 Å². The lowest BCUT2D eigenvalue weighted by atomic mass is 10.2. The molecule has 2 rings (SSSR count). The lowest BCUT2D eigenvalue weighted by molar-refractivity contribution is 0.0926. The average Bonchev–Trinajstić information content (AvgIpc) is 2.91. The van der Waals surface area contributed by atoms with Crippen molar-refractivity contribution in [3.05, 3.63) is 59.7 Å². The van der Waals surface area contributed by atoms with E-state index in [0.717, 1.165) is 24.3 Å². The lowest BCUT2D eigenvalue weighted by Gasteiger charge is -2.24. The summed E-state index contributed by atoms with van der Waals surface area (Å²) in [4.78, 5) is 2.16. The van der Waals surface area contributed by atoms with E-state index in [0.29, 0.717) is 19.7 Å². The molecular formula is C18H25FN2O2. The normalized spacial score (nSPS) is 12.7. The highest BCUT2D eigenvalue weighted by Gasteiger charge is 2.11. The van der Waals surface area contributed by atoms with Crippen LogP contribution in [0.4, 0.5) is 4.39 Å². The molecule has 1 aromatic heterocycles. The molecule has 5 heteroatoms. The maximum Gasteiger partial charge on any atom is 0.123 e. The molecule has 0 aliphatic rings. The van der Waals surface area contributed by atoms with Crippen molar-refractivity contribution in [2.75, 3.05) is 26.8 Å². The Bertz CT molecular complexity index is 598. The summed E-state index contributed by atoms with van der Waals surface area (Å²) < 4.78 is 20.6. The van der Waals surface area contributed by atoms with Crippen molar-refractivity contribution in [2.45, 2.75) is 26.1 Å². The molecule has 0 radical (unpaired) electrons. The second kappa shape index (κ2) is 8.82. The number of benzene rings is 1. The summed E-state index contributed by atoms with van der Waals surface area (Å²) in [6, 6.07) is 10.7. The molecule has 126 valence electrons. The van der Waals surface area contributed by atoms with Crippen molar-refractivity contribution in [3.8, 4) is 0 Å². The van der Waals surface area contributed by atoms with E-state index in [4.69, 9.17) is 4.74 Å². The van der Waals surface area contributed by atoms with E-state index in [1.165, 1.54) is 6.07 Å². The summed E-state index contributed by atoms with van der Waals surface area (Å²) in [5.41, 5.74) is 2.06.